The lowest BCUT2D eigenvalue weighted by Gasteiger charge is -2.06. The van der Waals surface area contributed by atoms with Gasteiger partial charge in [0.1, 0.15) is 0 Å². The van der Waals surface area contributed by atoms with Crippen molar-refractivity contribution in [3.63, 3.8) is 0 Å². The zero-order valence-corrected chi connectivity index (χ0v) is 10.2. The van der Waals surface area contributed by atoms with E-state index in [1.54, 1.807) is 12.3 Å². The van der Waals surface area contributed by atoms with E-state index < -0.39 is 0 Å². The SMILES string of the molecule is O=C(NCCOCC1CC1)c1ccncc1Cl. The van der Waals surface area contributed by atoms with E-state index in [9.17, 15) is 4.79 Å². The number of halogens is 1. The summed E-state index contributed by atoms with van der Waals surface area (Å²) in [6, 6.07) is 1.60. The Balaban J connectivity index is 1.67. The number of hydrogen-bond donors (Lipinski definition) is 1. The largest absolute Gasteiger partial charge is 0.379 e. The summed E-state index contributed by atoms with van der Waals surface area (Å²) in [7, 11) is 0. The number of hydrogen-bond acceptors (Lipinski definition) is 3. The van der Waals surface area contributed by atoms with E-state index in [0.29, 0.717) is 23.7 Å². The molecular formula is C12H15ClN2O2. The van der Waals surface area contributed by atoms with Crippen LogP contribution in [0.3, 0.4) is 0 Å². The summed E-state index contributed by atoms with van der Waals surface area (Å²) in [5.74, 6) is 0.563. The van der Waals surface area contributed by atoms with Gasteiger partial charge in [0.25, 0.3) is 5.91 Å². The van der Waals surface area contributed by atoms with E-state index >= 15 is 0 Å². The minimum absolute atomic E-state index is 0.188. The molecule has 0 radical (unpaired) electrons. The summed E-state index contributed by atoms with van der Waals surface area (Å²) < 4.78 is 5.41. The van der Waals surface area contributed by atoms with Crippen LogP contribution in [0, 0.1) is 5.92 Å². The molecule has 92 valence electrons. The highest BCUT2D eigenvalue weighted by atomic mass is 35.5. The molecule has 0 aromatic carbocycles. The van der Waals surface area contributed by atoms with Gasteiger partial charge in [0.2, 0.25) is 0 Å². The molecule has 0 unspecified atom stereocenters. The Labute approximate surface area is 105 Å². The predicted octanol–water partition coefficient (Wildman–Crippen LogP) is 1.89. The van der Waals surface area contributed by atoms with Crippen LogP contribution in [0.15, 0.2) is 18.5 Å². The van der Waals surface area contributed by atoms with Crippen molar-refractivity contribution in [3.8, 4) is 0 Å². The van der Waals surface area contributed by atoms with Gasteiger partial charge in [-0.3, -0.25) is 9.78 Å². The quantitative estimate of drug-likeness (QED) is 0.789. The Morgan fingerprint density at radius 3 is 3.12 bits per heavy atom. The van der Waals surface area contributed by atoms with Gasteiger partial charge in [-0.2, -0.15) is 0 Å². The first-order valence-electron chi connectivity index (χ1n) is 5.73. The molecule has 1 aromatic rings. The maximum atomic E-state index is 11.7. The molecule has 4 nitrogen and oxygen atoms in total. The monoisotopic (exact) mass is 254 g/mol. The first kappa shape index (κ1) is 12.3. The molecule has 1 aliphatic rings. The smallest absolute Gasteiger partial charge is 0.252 e. The zero-order chi connectivity index (χ0) is 12.1. The number of carbonyl (C=O) groups is 1. The summed E-state index contributed by atoms with van der Waals surface area (Å²) >= 11 is 5.85. The first-order chi connectivity index (χ1) is 8.27. The van der Waals surface area contributed by atoms with Gasteiger partial charge >= 0.3 is 0 Å². The predicted molar refractivity (Wildman–Crippen MR) is 65.1 cm³/mol. The summed E-state index contributed by atoms with van der Waals surface area (Å²) in [5.41, 5.74) is 0.448. The number of carbonyl (C=O) groups excluding carboxylic acids is 1. The zero-order valence-electron chi connectivity index (χ0n) is 9.49. The summed E-state index contributed by atoms with van der Waals surface area (Å²) in [6.45, 7) is 1.86. The van der Waals surface area contributed by atoms with Crippen molar-refractivity contribution in [3.05, 3.63) is 29.0 Å². The van der Waals surface area contributed by atoms with Crippen LogP contribution in [0.2, 0.25) is 5.02 Å². The molecule has 1 N–H and O–H groups in total. The topological polar surface area (TPSA) is 51.2 Å². The molecule has 0 atom stereocenters. The highest BCUT2D eigenvalue weighted by Crippen LogP contribution is 2.28. The van der Waals surface area contributed by atoms with E-state index in [2.05, 4.69) is 10.3 Å². The van der Waals surface area contributed by atoms with Crippen LogP contribution in [-0.4, -0.2) is 30.6 Å². The molecule has 1 aliphatic carbocycles. The molecule has 5 heteroatoms. The summed E-state index contributed by atoms with van der Waals surface area (Å²) in [4.78, 5) is 15.5. The number of nitrogens with zero attached hydrogens (tertiary/aromatic N) is 1. The number of ether oxygens (including phenoxy) is 1. The highest BCUT2D eigenvalue weighted by Gasteiger charge is 2.20. The maximum absolute atomic E-state index is 11.7. The van der Waals surface area contributed by atoms with Crippen LogP contribution in [-0.2, 0) is 4.74 Å². The molecule has 1 amide bonds. The van der Waals surface area contributed by atoms with Crippen molar-refractivity contribution in [2.24, 2.45) is 5.92 Å². The van der Waals surface area contributed by atoms with Crippen LogP contribution in [0.5, 0.6) is 0 Å². The minimum Gasteiger partial charge on any atom is -0.379 e. The van der Waals surface area contributed by atoms with E-state index in [1.165, 1.54) is 19.0 Å². The summed E-state index contributed by atoms with van der Waals surface area (Å²) in [5, 5.41) is 3.12. The van der Waals surface area contributed by atoms with Crippen molar-refractivity contribution < 1.29 is 9.53 Å². The first-order valence-corrected chi connectivity index (χ1v) is 6.10. The molecule has 1 heterocycles. The standard InChI is InChI=1S/C12H15ClN2O2/c13-11-7-14-4-3-10(11)12(16)15-5-6-17-8-9-1-2-9/h3-4,7,9H,1-2,5-6,8H2,(H,15,16). The number of pyridine rings is 1. The van der Waals surface area contributed by atoms with E-state index in [-0.39, 0.29) is 5.91 Å². The van der Waals surface area contributed by atoms with Gasteiger partial charge in [-0.05, 0) is 24.8 Å². The lowest BCUT2D eigenvalue weighted by molar-refractivity contribution is 0.0906. The Morgan fingerprint density at radius 1 is 1.59 bits per heavy atom. The van der Waals surface area contributed by atoms with Gasteiger partial charge in [-0.25, -0.2) is 0 Å². The molecule has 17 heavy (non-hydrogen) atoms. The Hall–Kier alpha value is -1.13. The van der Waals surface area contributed by atoms with Gasteiger partial charge in [-0.15, -0.1) is 0 Å². The normalized spacial score (nSPS) is 14.6. The number of aromatic nitrogens is 1. The van der Waals surface area contributed by atoms with Crippen molar-refractivity contribution in [1.82, 2.24) is 10.3 Å². The van der Waals surface area contributed by atoms with Crippen LogP contribution in [0.25, 0.3) is 0 Å². The third kappa shape index (κ3) is 3.98. The molecule has 1 saturated carbocycles. The third-order valence-corrected chi connectivity index (χ3v) is 2.90. The van der Waals surface area contributed by atoms with Crippen molar-refractivity contribution in [2.45, 2.75) is 12.8 Å². The Kier molecular flexibility index (Phi) is 4.34. The second-order valence-corrected chi connectivity index (χ2v) is 4.54. The number of rotatable bonds is 6. The van der Waals surface area contributed by atoms with Crippen LogP contribution in [0.4, 0.5) is 0 Å². The van der Waals surface area contributed by atoms with Crippen molar-refractivity contribution >= 4 is 17.5 Å². The molecule has 0 bridgehead atoms. The van der Waals surface area contributed by atoms with E-state index in [4.69, 9.17) is 16.3 Å². The van der Waals surface area contributed by atoms with Crippen LogP contribution in [0.1, 0.15) is 23.2 Å². The van der Waals surface area contributed by atoms with Gasteiger partial charge in [-0.1, -0.05) is 11.6 Å². The molecular weight excluding hydrogens is 240 g/mol. The fourth-order valence-electron chi connectivity index (χ4n) is 1.43. The average molecular weight is 255 g/mol. The molecule has 0 saturated heterocycles. The average Bonchev–Trinajstić information content (AvgIpc) is 3.13. The van der Waals surface area contributed by atoms with Gasteiger partial charge < -0.3 is 10.1 Å². The Morgan fingerprint density at radius 2 is 2.41 bits per heavy atom. The molecule has 2 rings (SSSR count). The fraction of sp³-hybridized carbons (Fsp3) is 0.500. The van der Waals surface area contributed by atoms with Crippen molar-refractivity contribution in [1.29, 1.82) is 0 Å². The highest BCUT2D eigenvalue weighted by molar-refractivity contribution is 6.33. The number of nitrogens with one attached hydrogen (secondary N) is 1. The minimum atomic E-state index is -0.188. The van der Waals surface area contributed by atoms with Gasteiger partial charge in [0, 0.05) is 25.5 Å². The molecule has 0 spiro atoms. The van der Waals surface area contributed by atoms with Gasteiger partial charge in [0.15, 0.2) is 0 Å². The summed E-state index contributed by atoms with van der Waals surface area (Å²) in [6.07, 6.45) is 5.56. The molecule has 0 aliphatic heterocycles. The van der Waals surface area contributed by atoms with Crippen LogP contribution < -0.4 is 5.32 Å². The maximum Gasteiger partial charge on any atom is 0.252 e. The second kappa shape index (κ2) is 5.98. The van der Waals surface area contributed by atoms with E-state index in [1.807, 2.05) is 0 Å². The lowest BCUT2D eigenvalue weighted by atomic mass is 10.2. The van der Waals surface area contributed by atoms with Gasteiger partial charge in [0.05, 0.1) is 17.2 Å². The van der Waals surface area contributed by atoms with E-state index in [0.717, 1.165) is 12.5 Å². The molecule has 1 aromatic heterocycles. The Bertz CT molecular complexity index is 394. The number of amides is 1. The second-order valence-electron chi connectivity index (χ2n) is 4.13. The lowest BCUT2D eigenvalue weighted by Crippen LogP contribution is -2.27. The molecule has 1 fully saturated rings. The van der Waals surface area contributed by atoms with Crippen LogP contribution >= 0.6 is 11.6 Å². The third-order valence-electron chi connectivity index (χ3n) is 2.60. The van der Waals surface area contributed by atoms with Crippen molar-refractivity contribution in [2.75, 3.05) is 19.8 Å². The fourth-order valence-corrected chi connectivity index (χ4v) is 1.63.